The van der Waals surface area contributed by atoms with Crippen LogP contribution in [0.1, 0.15) is 35.3 Å². The molecular formula is C17H15ClF4N2O. The Labute approximate surface area is 147 Å². The molecule has 8 heteroatoms. The lowest BCUT2D eigenvalue weighted by atomic mass is 9.99. The number of fused-ring (bicyclic) bond motifs is 1. The van der Waals surface area contributed by atoms with E-state index in [1.54, 1.807) is 0 Å². The van der Waals surface area contributed by atoms with Crippen molar-refractivity contribution in [2.75, 3.05) is 6.54 Å². The molecule has 134 valence electrons. The van der Waals surface area contributed by atoms with Crippen LogP contribution < -0.4 is 10.1 Å². The second-order valence-electron chi connectivity index (χ2n) is 5.83. The second kappa shape index (κ2) is 6.80. The first-order valence-electron chi connectivity index (χ1n) is 7.67. The Morgan fingerprint density at radius 2 is 2.08 bits per heavy atom. The minimum atomic E-state index is -4.61. The van der Waals surface area contributed by atoms with Gasteiger partial charge in [0.15, 0.2) is 0 Å². The smallest absolute Gasteiger partial charge is 0.421 e. The van der Waals surface area contributed by atoms with Crippen molar-refractivity contribution in [3.63, 3.8) is 0 Å². The van der Waals surface area contributed by atoms with Crippen molar-refractivity contribution in [1.29, 1.82) is 0 Å². The Kier molecular flexibility index (Phi) is 4.88. The summed E-state index contributed by atoms with van der Waals surface area (Å²) in [6.07, 6.45) is -4.15. The van der Waals surface area contributed by atoms with E-state index in [9.17, 15) is 17.6 Å². The van der Waals surface area contributed by atoms with Gasteiger partial charge in [-0.3, -0.25) is 0 Å². The third kappa shape index (κ3) is 3.88. The van der Waals surface area contributed by atoms with Crippen molar-refractivity contribution in [1.82, 2.24) is 10.3 Å². The summed E-state index contributed by atoms with van der Waals surface area (Å²) in [5, 5.41) is 3.34. The molecule has 1 aliphatic heterocycles. The zero-order chi connectivity index (χ0) is 18.2. The lowest BCUT2D eigenvalue weighted by Gasteiger charge is -2.25. The number of benzene rings is 1. The van der Waals surface area contributed by atoms with Crippen molar-refractivity contribution >= 4 is 11.6 Å². The summed E-state index contributed by atoms with van der Waals surface area (Å²) in [6, 6.07) is 4.79. The highest BCUT2D eigenvalue weighted by atomic mass is 35.5. The molecular weight excluding hydrogens is 360 g/mol. The number of aromatic nitrogens is 1. The third-order valence-corrected chi connectivity index (χ3v) is 4.27. The number of hydrogen-bond acceptors (Lipinski definition) is 3. The first kappa shape index (κ1) is 17.9. The molecule has 1 unspecified atom stereocenters. The van der Waals surface area contributed by atoms with Crippen LogP contribution in [0.15, 0.2) is 24.3 Å². The molecule has 0 bridgehead atoms. The molecule has 0 fully saturated rings. The van der Waals surface area contributed by atoms with Gasteiger partial charge < -0.3 is 10.1 Å². The van der Waals surface area contributed by atoms with Gasteiger partial charge in [0.2, 0.25) is 5.88 Å². The summed E-state index contributed by atoms with van der Waals surface area (Å²) in [5.74, 6) is -1.19. The van der Waals surface area contributed by atoms with Crippen LogP contribution in [-0.2, 0) is 19.2 Å². The summed E-state index contributed by atoms with van der Waals surface area (Å²) in [5.41, 5.74) is 0.215. The Hall–Kier alpha value is -1.86. The monoisotopic (exact) mass is 374 g/mol. The van der Waals surface area contributed by atoms with Crippen molar-refractivity contribution in [3.8, 4) is 5.88 Å². The summed E-state index contributed by atoms with van der Waals surface area (Å²) in [6.45, 7) is 2.03. The van der Waals surface area contributed by atoms with E-state index >= 15 is 0 Å². The van der Waals surface area contributed by atoms with Gasteiger partial charge in [-0.2, -0.15) is 13.2 Å². The molecule has 25 heavy (non-hydrogen) atoms. The van der Waals surface area contributed by atoms with Crippen LogP contribution in [0.5, 0.6) is 5.88 Å². The molecule has 2 aromatic rings. The highest BCUT2D eigenvalue weighted by molar-refractivity contribution is 6.30. The lowest BCUT2D eigenvalue weighted by molar-refractivity contribution is -0.139. The maximum Gasteiger partial charge on any atom is 0.421 e. The molecule has 0 saturated carbocycles. The molecule has 1 atom stereocenters. The van der Waals surface area contributed by atoms with Gasteiger partial charge in [-0.25, -0.2) is 9.37 Å². The molecule has 0 radical (unpaired) electrons. The van der Waals surface area contributed by atoms with Gasteiger partial charge in [-0.05, 0) is 43.7 Å². The van der Waals surface area contributed by atoms with Crippen LogP contribution in [0.25, 0.3) is 0 Å². The van der Waals surface area contributed by atoms with Crippen molar-refractivity contribution < 1.29 is 22.3 Å². The van der Waals surface area contributed by atoms with Crippen molar-refractivity contribution in [3.05, 3.63) is 57.5 Å². The molecule has 2 heterocycles. The van der Waals surface area contributed by atoms with Gasteiger partial charge in [0.05, 0.1) is 5.69 Å². The average Bonchev–Trinajstić information content (AvgIpc) is 2.53. The number of alkyl halides is 3. The van der Waals surface area contributed by atoms with Crippen LogP contribution >= 0.6 is 11.6 Å². The fraction of sp³-hybridized carbons (Fsp3) is 0.353. The van der Waals surface area contributed by atoms with Crippen LogP contribution in [0.3, 0.4) is 0 Å². The molecule has 1 aromatic heterocycles. The zero-order valence-corrected chi connectivity index (χ0v) is 14.0. The summed E-state index contributed by atoms with van der Waals surface area (Å²) < 4.78 is 59.1. The number of ether oxygens (including phenoxy) is 1. The van der Waals surface area contributed by atoms with E-state index in [1.165, 1.54) is 12.1 Å². The molecule has 0 spiro atoms. The molecule has 0 saturated heterocycles. The van der Waals surface area contributed by atoms with Crippen molar-refractivity contribution in [2.24, 2.45) is 0 Å². The number of rotatable bonds is 3. The van der Waals surface area contributed by atoms with Crippen LogP contribution in [0.4, 0.5) is 17.6 Å². The van der Waals surface area contributed by atoms with E-state index in [4.69, 9.17) is 16.3 Å². The molecule has 3 nitrogen and oxygen atoms in total. The molecule has 1 N–H and O–H groups in total. The highest BCUT2D eigenvalue weighted by Gasteiger charge is 2.37. The van der Waals surface area contributed by atoms with Gasteiger partial charge in [0.1, 0.15) is 18.0 Å². The average molecular weight is 375 g/mol. The van der Waals surface area contributed by atoms with Crippen molar-refractivity contribution in [2.45, 2.75) is 32.2 Å². The van der Waals surface area contributed by atoms with E-state index in [2.05, 4.69) is 10.3 Å². The normalized spacial score (nSPS) is 17.3. The third-order valence-electron chi connectivity index (χ3n) is 4.04. The molecule has 0 aliphatic carbocycles. The van der Waals surface area contributed by atoms with E-state index in [0.29, 0.717) is 24.2 Å². The fourth-order valence-corrected chi connectivity index (χ4v) is 2.90. The summed E-state index contributed by atoms with van der Waals surface area (Å²) in [4.78, 5) is 4.07. The predicted molar refractivity (Wildman–Crippen MR) is 85.1 cm³/mol. The molecule has 0 amide bonds. The largest absolute Gasteiger partial charge is 0.472 e. The van der Waals surface area contributed by atoms with Crippen LogP contribution in [0, 0.1) is 5.82 Å². The lowest BCUT2D eigenvalue weighted by Crippen LogP contribution is -2.29. The number of pyridine rings is 1. The maximum atomic E-state index is 13.8. The standard InChI is InChI=1S/C17H15ClF4N2O/c1-9-15-10(4-5-23-9)6-13(17(20,21)22)16(24-15)25-8-11-2-3-12(18)7-14(11)19/h2-3,6-7,9,23H,4-5,8H2,1H3. The van der Waals surface area contributed by atoms with Gasteiger partial charge in [-0.1, -0.05) is 17.7 Å². The van der Waals surface area contributed by atoms with Gasteiger partial charge >= 0.3 is 6.18 Å². The minimum absolute atomic E-state index is 0.100. The number of nitrogens with zero attached hydrogens (tertiary/aromatic N) is 1. The van der Waals surface area contributed by atoms with E-state index in [1.807, 2.05) is 6.92 Å². The Morgan fingerprint density at radius 1 is 1.32 bits per heavy atom. The van der Waals surface area contributed by atoms with Gasteiger partial charge in [0.25, 0.3) is 0 Å². The Bertz CT molecular complexity index is 795. The zero-order valence-electron chi connectivity index (χ0n) is 13.3. The van der Waals surface area contributed by atoms with E-state index in [-0.39, 0.29) is 23.2 Å². The van der Waals surface area contributed by atoms with Crippen LogP contribution in [-0.4, -0.2) is 11.5 Å². The Morgan fingerprint density at radius 3 is 2.76 bits per heavy atom. The number of hydrogen-bond donors (Lipinski definition) is 1. The first-order chi connectivity index (χ1) is 11.8. The highest BCUT2D eigenvalue weighted by Crippen LogP contribution is 2.38. The van der Waals surface area contributed by atoms with Crippen LogP contribution in [0.2, 0.25) is 5.02 Å². The number of nitrogens with one attached hydrogen (secondary N) is 1. The topological polar surface area (TPSA) is 34.1 Å². The Balaban J connectivity index is 1.94. The predicted octanol–water partition coefficient (Wildman–Crippen LogP) is 4.68. The number of halogens is 5. The first-order valence-corrected chi connectivity index (χ1v) is 8.04. The van der Waals surface area contributed by atoms with E-state index in [0.717, 1.165) is 12.1 Å². The SMILES string of the molecule is CC1NCCc2cc(C(F)(F)F)c(OCc3ccc(Cl)cc3F)nc21. The van der Waals surface area contributed by atoms with Gasteiger partial charge in [0, 0.05) is 16.6 Å². The molecule has 1 aromatic carbocycles. The summed E-state index contributed by atoms with van der Waals surface area (Å²) >= 11 is 5.67. The fourth-order valence-electron chi connectivity index (χ4n) is 2.74. The maximum absolute atomic E-state index is 13.8. The molecule has 1 aliphatic rings. The van der Waals surface area contributed by atoms with E-state index < -0.39 is 23.4 Å². The second-order valence-corrected chi connectivity index (χ2v) is 6.27. The summed E-state index contributed by atoms with van der Waals surface area (Å²) in [7, 11) is 0. The van der Waals surface area contributed by atoms with Gasteiger partial charge in [-0.15, -0.1) is 0 Å². The quantitative estimate of drug-likeness (QED) is 0.792. The molecule has 3 rings (SSSR count). The minimum Gasteiger partial charge on any atom is -0.472 e.